The lowest BCUT2D eigenvalue weighted by atomic mass is 10.1. The summed E-state index contributed by atoms with van der Waals surface area (Å²) in [5, 5.41) is 0. The van der Waals surface area contributed by atoms with Crippen LogP contribution in [0.2, 0.25) is 0 Å². The minimum atomic E-state index is -0.460. The van der Waals surface area contributed by atoms with Gasteiger partial charge in [0.05, 0.1) is 6.54 Å². The molecule has 116 valence electrons. The molecule has 0 saturated heterocycles. The van der Waals surface area contributed by atoms with Crippen molar-refractivity contribution < 1.29 is 9.53 Å². The zero-order valence-electron chi connectivity index (χ0n) is 13.0. The summed E-state index contributed by atoms with van der Waals surface area (Å²) in [6.07, 6.45) is 5.79. The molecule has 0 unspecified atom stereocenters. The highest BCUT2D eigenvalue weighted by Crippen LogP contribution is 2.34. The summed E-state index contributed by atoms with van der Waals surface area (Å²) < 4.78 is 5.45. The molecular formula is C16H19N3O2S. The minimum absolute atomic E-state index is 0.242. The Bertz CT molecular complexity index is 676. The van der Waals surface area contributed by atoms with Crippen LogP contribution in [0.3, 0.4) is 0 Å². The van der Waals surface area contributed by atoms with Gasteiger partial charge in [-0.3, -0.25) is 0 Å². The van der Waals surface area contributed by atoms with Crippen molar-refractivity contribution in [2.75, 3.05) is 6.54 Å². The molecule has 0 aliphatic carbocycles. The second-order valence-electron chi connectivity index (χ2n) is 6.34. The Morgan fingerprint density at radius 2 is 2.05 bits per heavy atom. The van der Waals surface area contributed by atoms with Gasteiger partial charge in [-0.25, -0.2) is 14.8 Å². The van der Waals surface area contributed by atoms with Crippen molar-refractivity contribution in [1.29, 1.82) is 0 Å². The molecule has 0 aromatic carbocycles. The summed E-state index contributed by atoms with van der Waals surface area (Å²) in [6.45, 7) is 6.97. The number of ether oxygens (including phenoxy) is 1. The molecule has 0 spiro atoms. The van der Waals surface area contributed by atoms with Crippen molar-refractivity contribution in [3.05, 3.63) is 35.2 Å². The maximum atomic E-state index is 12.2. The first-order valence-corrected chi connectivity index (χ1v) is 8.09. The normalized spacial score (nSPS) is 14.6. The second-order valence-corrected chi connectivity index (χ2v) is 7.47. The third-order valence-corrected chi connectivity index (χ3v) is 4.65. The molecule has 0 radical (unpaired) electrons. The predicted octanol–water partition coefficient (Wildman–Crippen LogP) is 3.50. The van der Waals surface area contributed by atoms with Crippen molar-refractivity contribution in [3.8, 4) is 10.4 Å². The number of rotatable bonds is 1. The summed E-state index contributed by atoms with van der Waals surface area (Å²) >= 11 is 1.76. The van der Waals surface area contributed by atoms with Crippen molar-refractivity contribution in [3.63, 3.8) is 0 Å². The van der Waals surface area contributed by atoms with Crippen LogP contribution in [0.15, 0.2) is 24.8 Å². The number of amides is 1. The highest BCUT2D eigenvalue weighted by atomic mass is 32.1. The standard InChI is InChI=1S/C16H19N3O2S/c1-16(2,3)21-15(20)19-5-4-13-11(9-19)6-14(22-13)12-7-17-10-18-8-12/h6-8,10H,4-5,9H2,1-3H3. The van der Waals surface area contributed by atoms with E-state index in [1.165, 1.54) is 16.8 Å². The number of carbonyl (C=O) groups is 1. The maximum Gasteiger partial charge on any atom is 0.410 e. The van der Waals surface area contributed by atoms with E-state index in [1.54, 1.807) is 16.2 Å². The number of fused-ring (bicyclic) bond motifs is 1. The Hall–Kier alpha value is -1.95. The summed E-state index contributed by atoms with van der Waals surface area (Å²) in [5.41, 5.74) is 1.75. The van der Waals surface area contributed by atoms with Crippen LogP contribution in [0.5, 0.6) is 0 Å². The van der Waals surface area contributed by atoms with Crippen LogP contribution in [0.4, 0.5) is 4.79 Å². The van der Waals surface area contributed by atoms with Gasteiger partial charge in [0.25, 0.3) is 0 Å². The number of nitrogens with zero attached hydrogens (tertiary/aromatic N) is 3. The van der Waals surface area contributed by atoms with Crippen molar-refractivity contribution in [2.24, 2.45) is 0 Å². The first kappa shape index (κ1) is 15.0. The van der Waals surface area contributed by atoms with Crippen molar-refractivity contribution in [1.82, 2.24) is 14.9 Å². The van der Waals surface area contributed by atoms with E-state index in [1.807, 2.05) is 33.2 Å². The van der Waals surface area contributed by atoms with E-state index in [4.69, 9.17) is 4.74 Å². The van der Waals surface area contributed by atoms with Crippen molar-refractivity contribution in [2.45, 2.75) is 39.3 Å². The lowest BCUT2D eigenvalue weighted by Crippen LogP contribution is -2.39. The quantitative estimate of drug-likeness (QED) is 0.808. The minimum Gasteiger partial charge on any atom is -0.444 e. The van der Waals surface area contributed by atoms with E-state index >= 15 is 0 Å². The molecule has 2 aromatic heterocycles. The molecule has 0 saturated carbocycles. The third-order valence-electron chi connectivity index (χ3n) is 3.36. The highest BCUT2D eigenvalue weighted by molar-refractivity contribution is 7.15. The molecule has 6 heteroatoms. The van der Waals surface area contributed by atoms with Crippen LogP contribution in [-0.2, 0) is 17.7 Å². The molecule has 0 bridgehead atoms. The molecule has 5 nitrogen and oxygen atoms in total. The van der Waals surface area contributed by atoms with Gasteiger partial charge in [0.15, 0.2) is 0 Å². The topological polar surface area (TPSA) is 55.3 Å². The molecule has 0 N–H and O–H groups in total. The molecule has 1 aliphatic rings. The summed E-state index contributed by atoms with van der Waals surface area (Å²) in [6, 6.07) is 2.13. The molecule has 1 aliphatic heterocycles. The largest absolute Gasteiger partial charge is 0.444 e. The molecule has 0 atom stereocenters. The average molecular weight is 317 g/mol. The first-order chi connectivity index (χ1) is 10.4. The van der Waals surface area contributed by atoms with Gasteiger partial charge in [0.1, 0.15) is 11.9 Å². The van der Waals surface area contributed by atoms with Gasteiger partial charge < -0.3 is 9.64 Å². The highest BCUT2D eigenvalue weighted by Gasteiger charge is 2.27. The Labute approximate surface area is 134 Å². The summed E-state index contributed by atoms with van der Waals surface area (Å²) in [5.74, 6) is 0. The molecule has 1 amide bonds. The monoisotopic (exact) mass is 317 g/mol. The molecule has 3 heterocycles. The molecule has 0 fully saturated rings. The maximum absolute atomic E-state index is 12.2. The zero-order chi connectivity index (χ0) is 15.7. The predicted molar refractivity (Wildman–Crippen MR) is 85.7 cm³/mol. The molecular weight excluding hydrogens is 298 g/mol. The van der Waals surface area contributed by atoms with Gasteiger partial charge in [0, 0.05) is 34.3 Å². The van der Waals surface area contributed by atoms with E-state index in [-0.39, 0.29) is 6.09 Å². The van der Waals surface area contributed by atoms with Gasteiger partial charge in [-0.2, -0.15) is 0 Å². The van der Waals surface area contributed by atoms with Crippen LogP contribution in [0.25, 0.3) is 10.4 Å². The van der Waals surface area contributed by atoms with Gasteiger partial charge >= 0.3 is 6.09 Å². The summed E-state index contributed by atoms with van der Waals surface area (Å²) in [7, 11) is 0. The van der Waals surface area contributed by atoms with Gasteiger partial charge in [0.2, 0.25) is 0 Å². The molecule has 22 heavy (non-hydrogen) atoms. The fraction of sp³-hybridized carbons (Fsp3) is 0.438. The third kappa shape index (κ3) is 3.27. The van der Waals surface area contributed by atoms with Gasteiger partial charge in [-0.05, 0) is 38.8 Å². The fourth-order valence-electron chi connectivity index (χ4n) is 2.38. The van der Waals surface area contributed by atoms with Crippen LogP contribution in [0.1, 0.15) is 31.2 Å². The number of hydrogen-bond donors (Lipinski definition) is 0. The molecule has 3 rings (SSSR count). The lowest BCUT2D eigenvalue weighted by Gasteiger charge is -2.29. The summed E-state index contributed by atoms with van der Waals surface area (Å²) in [4.78, 5) is 24.6. The van der Waals surface area contributed by atoms with E-state index in [9.17, 15) is 4.79 Å². The number of aromatic nitrogens is 2. The Morgan fingerprint density at radius 1 is 1.32 bits per heavy atom. The van der Waals surface area contributed by atoms with Crippen molar-refractivity contribution >= 4 is 17.4 Å². The van der Waals surface area contributed by atoms with Gasteiger partial charge in [-0.15, -0.1) is 11.3 Å². The van der Waals surface area contributed by atoms with E-state index in [2.05, 4.69) is 16.0 Å². The van der Waals surface area contributed by atoms with E-state index < -0.39 is 5.60 Å². The second kappa shape index (κ2) is 5.68. The molecule has 2 aromatic rings. The number of hydrogen-bond acceptors (Lipinski definition) is 5. The van der Waals surface area contributed by atoms with Crippen LogP contribution < -0.4 is 0 Å². The van der Waals surface area contributed by atoms with E-state index in [0.29, 0.717) is 13.1 Å². The number of carbonyl (C=O) groups excluding carboxylic acids is 1. The zero-order valence-corrected chi connectivity index (χ0v) is 13.8. The average Bonchev–Trinajstić information content (AvgIpc) is 2.89. The smallest absolute Gasteiger partial charge is 0.410 e. The lowest BCUT2D eigenvalue weighted by molar-refractivity contribution is 0.0225. The Morgan fingerprint density at radius 3 is 2.73 bits per heavy atom. The van der Waals surface area contributed by atoms with Crippen LogP contribution in [-0.4, -0.2) is 33.1 Å². The number of thiophene rings is 1. The SMILES string of the molecule is CC(C)(C)OC(=O)N1CCc2sc(-c3cncnc3)cc2C1. The van der Waals surface area contributed by atoms with E-state index in [0.717, 1.165) is 16.9 Å². The Kier molecular flexibility index (Phi) is 3.87. The van der Waals surface area contributed by atoms with Crippen LogP contribution >= 0.6 is 11.3 Å². The Balaban J connectivity index is 1.77. The van der Waals surface area contributed by atoms with Crippen LogP contribution in [0, 0.1) is 0 Å². The fourth-order valence-corrected chi connectivity index (χ4v) is 3.52. The van der Waals surface area contributed by atoms with Gasteiger partial charge in [-0.1, -0.05) is 0 Å². The first-order valence-electron chi connectivity index (χ1n) is 7.27.